The zero-order valence-electron chi connectivity index (χ0n) is 16.9. The Labute approximate surface area is 163 Å². The number of rotatable bonds is 9. The van der Waals surface area contributed by atoms with E-state index in [9.17, 15) is 19.4 Å². The van der Waals surface area contributed by atoms with Crippen molar-refractivity contribution in [3.05, 3.63) is 11.4 Å². The van der Waals surface area contributed by atoms with E-state index < -0.39 is 26.1 Å². The van der Waals surface area contributed by atoms with E-state index in [-0.39, 0.29) is 24.5 Å². The molecule has 27 heavy (non-hydrogen) atoms. The number of alkyl carbamates (subject to hydrolysis) is 1. The molecule has 0 bridgehead atoms. The smallest absolute Gasteiger partial charge is 0.410 e. The van der Waals surface area contributed by atoms with Crippen LogP contribution in [-0.2, 0) is 14.3 Å². The lowest BCUT2D eigenvalue weighted by atomic mass is 9.96. The van der Waals surface area contributed by atoms with E-state index in [1.807, 2.05) is 0 Å². The molecule has 0 spiro atoms. The van der Waals surface area contributed by atoms with Crippen LogP contribution in [0.3, 0.4) is 0 Å². The van der Waals surface area contributed by atoms with E-state index in [0.29, 0.717) is 6.42 Å². The predicted molar refractivity (Wildman–Crippen MR) is 106 cm³/mol. The Morgan fingerprint density at radius 2 is 1.74 bits per heavy atom. The van der Waals surface area contributed by atoms with Gasteiger partial charge in [-0.3, -0.25) is 4.79 Å². The molecule has 1 amide bonds. The molecular formula is C19H35NO6P+. The maximum atomic E-state index is 11.9. The first-order valence-corrected chi connectivity index (χ1v) is 11.7. The van der Waals surface area contributed by atoms with Crippen molar-refractivity contribution in [2.45, 2.75) is 72.5 Å². The summed E-state index contributed by atoms with van der Waals surface area (Å²) >= 11 is 0. The molecule has 1 atom stereocenters. The van der Waals surface area contributed by atoms with Gasteiger partial charge in [0, 0.05) is 18.9 Å². The Hall–Kier alpha value is -1.17. The molecule has 156 valence electrons. The average Bonchev–Trinajstić information content (AvgIpc) is 2.58. The highest BCUT2D eigenvalue weighted by Gasteiger charge is 2.31. The highest BCUT2D eigenvalue weighted by atomic mass is 31.2. The summed E-state index contributed by atoms with van der Waals surface area (Å²) in [4.78, 5) is 44.0. The monoisotopic (exact) mass is 404 g/mol. The minimum absolute atomic E-state index is 0.172. The molecule has 8 heteroatoms. The molecule has 0 aromatic rings. The maximum Gasteiger partial charge on any atom is 0.410 e. The molecule has 0 aromatic heterocycles. The maximum absolute atomic E-state index is 11.9. The number of nitrogens with one attached hydrogen (secondary N) is 1. The lowest BCUT2D eigenvalue weighted by molar-refractivity contribution is -0.178. The quantitative estimate of drug-likeness (QED) is 0.232. The summed E-state index contributed by atoms with van der Waals surface area (Å²) in [5.41, 5.74) is 1.14. The second-order valence-electron chi connectivity index (χ2n) is 7.75. The molecule has 0 radical (unpaired) electrons. The van der Waals surface area contributed by atoms with Crippen LogP contribution in [0.4, 0.5) is 4.79 Å². The molecule has 7 nitrogen and oxygen atoms in total. The highest BCUT2D eigenvalue weighted by Crippen LogP contribution is 2.53. The number of allylic oxidation sites excluding steroid dienone is 1. The molecule has 1 saturated carbocycles. The Morgan fingerprint density at radius 1 is 1.11 bits per heavy atom. The number of carbonyl (C=O) groups excluding carboxylic acids is 2. The molecule has 0 unspecified atom stereocenters. The minimum Gasteiger partial charge on any atom is -0.425 e. The van der Waals surface area contributed by atoms with Gasteiger partial charge in [0.05, 0.1) is 5.92 Å². The topological polar surface area (TPSA) is 105 Å². The molecule has 1 aliphatic rings. The van der Waals surface area contributed by atoms with E-state index in [1.165, 1.54) is 6.42 Å². The molecule has 3 N–H and O–H groups in total. The van der Waals surface area contributed by atoms with Gasteiger partial charge in [0.25, 0.3) is 14.0 Å². The van der Waals surface area contributed by atoms with Gasteiger partial charge in [-0.25, -0.2) is 14.6 Å². The van der Waals surface area contributed by atoms with E-state index >= 15 is 0 Å². The third-order valence-electron chi connectivity index (χ3n) is 4.29. The van der Waals surface area contributed by atoms with E-state index in [0.717, 1.165) is 31.3 Å². The van der Waals surface area contributed by atoms with Crippen LogP contribution >= 0.6 is 7.72 Å². The number of esters is 1. The summed E-state index contributed by atoms with van der Waals surface area (Å²) in [6.07, 6.45) is 4.34. The fourth-order valence-electron chi connectivity index (χ4n) is 2.69. The largest absolute Gasteiger partial charge is 0.425 e. The second kappa shape index (κ2) is 11.6. The molecule has 1 rings (SSSR count). The molecule has 0 saturated heterocycles. The van der Waals surface area contributed by atoms with Crippen molar-refractivity contribution in [2.75, 3.05) is 12.7 Å². The molecule has 0 heterocycles. The number of hydrogen-bond acceptors (Lipinski definition) is 6. The third kappa shape index (κ3) is 10.1. The highest BCUT2D eigenvalue weighted by molar-refractivity contribution is 7.67. The summed E-state index contributed by atoms with van der Waals surface area (Å²) in [5, 5.41) is 2.57. The van der Waals surface area contributed by atoms with Crippen molar-refractivity contribution >= 4 is 19.8 Å². The van der Waals surface area contributed by atoms with Gasteiger partial charge in [0.2, 0.25) is 0 Å². The number of carbonyl (C=O) groups is 2. The van der Waals surface area contributed by atoms with Gasteiger partial charge >= 0.3 is 12.1 Å². The SMILES string of the molecule is CC(C)C(=O)O[C@@H](OC(=O)NCCC[P+](O)(O)C=C1CCCCC1)C(C)C. The fourth-order valence-corrected chi connectivity index (χ4v) is 4.28. The van der Waals surface area contributed by atoms with Gasteiger partial charge in [0.15, 0.2) is 0 Å². The van der Waals surface area contributed by atoms with Crippen molar-refractivity contribution in [3.63, 3.8) is 0 Å². The molecular weight excluding hydrogens is 369 g/mol. The predicted octanol–water partition coefficient (Wildman–Crippen LogP) is 3.96. The van der Waals surface area contributed by atoms with Crippen LogP contribution in [0.25, 0.3) is 0 Å². The van der Waals surface area contributed by atoms with E-state index in [4.69, 9.17) is 9.47 Å². The summed E-state index contributed by atoms with van der Waals surface area (Å²) in [7, 11) is -3.07. The summed E-state index contributed by atoms with van der Waals surface area (Å²) in [5.74, 6) is 0.758. The Bertz CT molecular complexity index is 510. The lowest BCUT2D eigenvalue weighted by Crippen LogP contribution is -2.36. The molecule has 1 aliphatic carbocycles. The van der Waals surface area contributed by atoms with Crippen molar-refractivity contribution in [1.29, 1.82) is 0 Å². The van der Waals surface area contributed by atoms with Crippen molar-refractivity contribution < 1.29 is 28.8 Å². The zero-order chi connectivity index (χ0) is 20.4. The summed E-state index contributed by atoms with van der Waals surface area (Å²) in [6.45, 7) is 7.26. The van der Waals surface area contributed by atoms with Crippen molar-refractivity contribution in [2.24, 2.45) is 11.8 Å². The normalized spacial score (nSPS) is 16.2. The lowest BCUT2D eigenvalue weighted by Gasteiger charge is -2.22. The van der Waals surface area contributed by atoms with Gasteiger partial charge < -0.3 is 14.8 Å². The Kier molecular flexibility index (Phi) is 10.3. The van der Waals surface area contributed by atoms with Gasteiger partial charge in [0.1, 0.15) is 12.0 Å². The van der Waals surface area contributed by atoms with Crippen LogP contribution in [0, 0.1) is 11.8 Å². The van der Waals surface area contributed by atoms with Gasteiger partial charge in [-0.15, -0.1) is 0 Å². The molecule has 1 fully saturated rings. The van der Waals surface area contributed by atoms with Crippen LogP contribution in [0.1, 0.15) is 66.2 Å². The van der Waals surface area contributed by atoms with Gasteiger partial charge in [-0.05, 0) is 31.3 Å². The van der Waals surface area contributed by atoms with Gasteiger partial charge in [-0.1, -0.05) is 34.1 Å². The Balaban J connectivity index is 2.35. The summed E-state index contributed by atoms with van der Waals surface area (Å²) < 4.78 is 10.4. The van der Waals surface area contributed by atoms with E-state index in [1.54, 1.807) is 33.5 Å². The third-order valence-corrected chi connectivity index (χ3v) is 6.04. The number of hydrogen-bond donors (Lipinski definition) is 3. The Morgan fingerprint density at radius 3 is 2.30 bits per heavy atom. The number of ether oxygens (including phenoxy) is 2. The van der Waals surface area contributed by atoms with Crippen LogP contribution in [0.5, 0.6) is 0 Å². The van der Waals surface area contributed by atoms with Crippen LogP contribution < -0.4 is 5.32 Å². The first-order valence-electron chi connectivity index (χ1n) is 9.79. The summed E-state index contributed by atoms with van der Waals surface area (Å²) in [6, 6.07) is 0. The number of amides is 1. The molecule has 0 aliphatic heterocycles. The zero-order valence-corrected chi connectivity index (χ0v) is 17.8. The first kappa shape index (κ1) is 23.9. The van der Waals surface area contributed by atoms with Gasteiger partial charge in [-0.2, -0.15) is 0 Å². The van der Waals surface area contributed by atoms with Crippen molar-refractivity contribution in [3.8, 4) is 0 Å². The average molecular weight is 404 g/mol. The van der Waals surface area contributed by atoms with Crippen LogP contribution in [0.15, 0.2) is 11.4 Å². The molecule has 0 aromatic carbocycles. The van der Waals surface area contributed by atoms with E-state index in [2.05, 4.69) is 5.32 Å². The van der Waals surface area contributed by atoms with Crippen molar-refractivity contribution in [1.82, 2.24) is 5.32 Å². The minimum atomic E-state index is -3.07. The first-order chi connectivity index (χ1) is 12.6. The second-order valence-corrected chi connectivity index (χ2v) is 10.0. The van der Waals surface area contributed by atoms with Crippen LogP contribution in [0.2, 0.25) is 0 Å². The standard InChI is InChI=1S/C19H34NO6P/c1-14(2)17(21)25-18(15(3)4)26-19(22)20-11-8-12-27(23,24)13-16-9-6-5-7-10-16/h13-15,18,23-24H,5-12H2,1-4H3/p+1/t18-/m0/s1. The van der Waals surface area contributed by atoms with Crippen LogP contribution in [-0.4, -0.2) is 40.8 Å². The fraction of sp³-hybridized carbons (Fsp3) is 0.789.